The first-order chi connectivity index (χ1) is 17.2. The van der Waals surface area contributed by atoms with Crippen molar-refractivity contribution in [3.05, 3.63) is 65.4 Å². The number of ether oxygens (including phenoxy) is 1. The second kappa shape index (κ2) is 11.8. The average molecular weight is 475 g/mol. The number of hydrogen-bond donors (Lipinski definition) is 2. The molecule has 3 aromatic rings. The number of rotatable bonds is 11. The maximum Gasteiger partial charge on any atom is 0.337 e. The highest BCUT2D eigenvalue weighted by atomic mass is 16.5. The van der Waals surface area contributed by atoms with Crippen molar-refractivity contribution in [1.29, 1.82) is 0 Å². The van der Waals surface area contributed by atoms with Crippen LogP contribution in [0.25, 0.3) is 22.5 Å². The van der Waals surface area contributed by atoms with Crippen molar-refractivity contribution in [2.45, 2.75) is 58.9 Å². The van der Waals surface area contributed by atoms with Crippen molar-refractivity contribution < 1.29 is 9.53 Å². The molecule has 2 heterocycles. The number of allylic oxidation sites excluding steroid dienone is 1. The SMILES string of the molecule is CCCCN1NC(Cc2ccc(-c3ccccc3-c3nn[nH]n3)cc2)C(C(=O)OCC)=C1CCC. The van der Waals surface area contributed by atoms with E-state index in [-0.39, 0.29) is 12.0 Å². The predicted octanol–water partition coefficient (Wildman–Crippen LogP) is 4.68. The molecule has 1 unspecified atom stereocenters. The monoisotopic (exact) mass is 474 g/mol. The van der Waals surface area contributed by atoms with Crippen LogP contribution in [0.3, 0.4) is 0 Å². The third-order valence-corrected chi connectivity index (χ3v) is 6.23. The summed E-state index contributed by atoms with van der Waals surface area (Å²) in [5.41, 5.74) is 9.65. The number of unbranched alkanes of at least 4 members (excludes halogenated alkanes) is 1. The molecule has 0 aliphatic carbocycles. The summed E-state index contributed by atoms with van der Waals surface area (Å²) >= 11 is 0. The Labute approximate surface area is 206 Å². The van der Waals surface area contributed by atoms with Crippen LogP contribution in [0, 0.1) is 0 Å². The molecule has 8 heteroatoms. The van der Waals surface area contributed by atoms with Gasteiger partial charge in [0.15, 0.2) is 0 Å². The Morgan fingerprint density at radius 2 is 1.80 bits per heavy atom. The topological polar surface area (TPSA) is 96.0 Å². The van der Waals surface area contributed by atoms with Gasteiger partial charge in [-0.1, -0.05) is 75.2 Å². The van der Waals surface area contributed by atoms with Crippen LogP contribution in [-0.4, -0.2) is 50.8 Å². The van der Waals surface area contributed by atoms with Gasteiger partial charge in [0.25, 0.3) is 0 Å². The van der Waals surface area contributed by atoms with Gasteiger partial charge in [0, 0.05) is 17.8 Å². The number of hydrogen-bond acceptors (Lipinski definition) is 7. The average Bonchev–Trinajstić information content (AvgIpc) is 3.52. The second-order valence-corrected chi connectivity index (χ2v) is 8.70. The third kappa shape index (κ3) is 5.59. The number of hydrazine groups is 1. The lowest BCUT2D eigenvalue weighted by Gasteiger charge is -2.23. The van der Waals surface area contributed by atoms with Crippen molar-refractivity contribution >= 4 is 5.97 Å². The minimum absolute atomic E-state index is 0.107. The summed E-state index contributed by atoms with van der Waals surface area (Å²) in [5, 5.41) is 16.7. The molecule has 1 aliphatic rings. The van der Waals surface area contributed by atoms with E-state index >= 15 is 0 Å². The van der Waals surface area contributed by atoms with Gasteiger partial charge in [-0.2, -0.15) is 5.21 Å². The number of benzene rings is 2. The molecule has 4 rings (SSSR count). The fourth-order valence-electron chi connectivity index (χ4n) is 4.58. The van der Waals surface area contributed by atoms with Gasteiger partial charge in [0.05, 0.1) is 18.2 Å². The van der Waals surface area contributed by atoms with Crippen LogP contribution in [0.4, 0.5) is 0 Å². The lowest BCUT2D eigenvalue weighted by Crippen LogP contribution is -2.39. The minimum Gasteiger partial charge on any atom is -0.463 e. The molecule has 0 fully saturated rings. The Bertz CT molecular complexity index is 1140. The number of aromatic amines is 1. The second-order valence-electron chi connectivity index (χ2n) is 8.70. The number of nitrogens with one attached hydrogen (secondary N) is 2. The summed E-state index contributed by atoms with van der Waals surface area (Å²) in [6, 6.07) is 16.4. The Balaban J connectivity index is 1.58. The van der Waals surface area contributed by atoms with E-state index in [0.717, 1.165) is 65.8 Å². The summed E-state index contributed by atoms with van der Waals surface area (Å²) in [5.74, 6) is 0.359. The minimum atomic E-state index is -0.210. The lowest BCUT2D eigenvalue weighted by molar-refractivity contribution is -0.138. The molecule has 35 heavy (non-hydrogen) atoms. The van der Waals surface area contributed by atoms with E-state index in [9.17, 15) is 4.79 Å². The molecule has 2 N–H and O–H groups in total. The zero-order chi connectivity index (χ0) is 24.6. The first-order valence-electron chi connectivity index (χ1n) is 12.5. The van der Waals surface area contributed by atoms with Gasteiger partial charge in [0.1, 0.15) is 0 Å². The molecule has 1 atom stereocenters. The van der Waals surface area contributed by atoms with E-state index in [2.05, 4.69) is 75.2 Å². The highest BCUT2D eigenvalue weighted by Crippen LogP contribution is 2.31. The standard InChI is InChI=1S/C27H34N6O2/c1-4-7-17-33-24(10-5-2)25(27(34)35-6-3)23(30-33)18-19-13-15-20(16-14-19)21-11-8-9-12-22(21)26-28-31-32-29-26/h8-9,11-16,23,30H,4-7,10,17-18H2,1-3H3,(H,28,29,31,32). The largest absolute Gasteiger partial charge is 0.463 e. The summed E-state index contributed by atoms with van der Waals surface area (Å²) < 4.78 is 5.47. The number of tetrazole rings is 1. The lowest BCUT2D eigenvalue weighted by atomic mass is 9.94. The normalized spacial score (nSPS) is 15.6. The molecule has 1 aliphatic heterocycles. The summed E-state index contributed by atoms with van der Waals surface area (Å²) in [6.45, 7) is 7.44. The van der Waals surface area contributed by atoms with Crippen LogP contribution in [0.2, 0.25) is 0 Å². The quantitative estimate of drug-likeness (QED) is 0.390. The molecule has 0 radical (unpaired) electrons. The molecule has 2 aromatic carbocycles. The maximum atomic E-state index is 13.0. The van der Waals surface area contributed by atoms with Crippen molar-refractivity contribution in [2.75, 3.05) is 13.2 Å². The maximum absolute atomic E-state index is 13.0. The summed E-state index contributed by atoms with van der Waals surface area (Å²) in [7, 11) is 0. The molecule has 1 aromatic heterocycles. The van der Waals surface area contributed by atoms with E-state index in [1.54, 1.807) is 0 Å². The molecule has 8 nitrogen and oxygen atoms in total. The van der Waals surface area contributed by atoms with Crippen molar-refractivity contribution in [3.63, 3.8) is 0 Å². The molecule has 0 bridgehead atoms. The zero-order valence-electron chi connectivity index (χ0n) is 20.8. The Morgan fingerprint density at radius 1 is 1.03 bits per heavy atom. The van der Waals surface area contributed by atoms with Crippen molar-refractivity contribution in [2.24, 2.45) is 0 Å². The zero-order valence-corrected chi connectivity index (χ0v) is 20.8. The Morgan fingerprint density at radius 3 is 2.46 bits per heavy atom. The third-order valence-electron chi connectivity index (χ3n) is 6.23. The fraction of sp³-hybridized carbons (Fsp3) is 0.407. The van der Waals surface area contributed by atoms with Gasteiger partial charge in [0.2, 0.25) is 5.82 Å². The van der Waals surface area contributed by atoms with Gasteiger partial charge in [-0.15, -0.1) is 10.2 Å². The van der Waals surface area contributed by atoms with Gasteiger partial charge in [-0.25, -0.2) is 10.2 Å². The van der Waals surface area contributed by atoms with Crippen molar-refractivity contribution in [3.8, 4) is 22.5 Å². The van der Waals surface area contributed by atoms with Crippen LogP contribution in [0.15, 0.2) is 59.8 Å². The van der Waals surface area contributed by atoms with Crippen LogP contribution in [0.1, 0.15) is 52.0 Å². The first kappa shape index (κ1) is 24.6. The van der Waals surface area contributed by atoms with Crippen LogP contribution in [0.5, 0.6) is 0 Å². The smallest absolute Gasteiger partial charge is 0.337 e. The number of carbonyl (C=O) groups is 1. The molecule has 0 spiro atoms. The summed E-state index contributed by atoms with van der Waals surface area (Å²) in [6.07, 6.45) is 4.70. The molecule has 0 saturated carbocycles. The number of aromatic nitrogens is 4. The van der Waals surface area contributed by atoms with E-state index in [1.807, 2.05) is 25.1 Å². The van der Waals surface area contributed by atoms with Gasteiger partial charge in [-0.3, -0.25) is 0 Å². The Kier molecular flexibility index (Phi) is 8.26. The molecule has 184 valence electrons. The van der Waals surface area contributed by atoms with Crippen molar-refractivity contribution in [1.82, 2.24) is 31.1 Å². The summed E-state index contributed by atoms with van der Waals surface area (Å²) in [4.78, 5) is 13.0. The number of esters is 1. The number of carbonyl (C=O) groups excluding carboxylic acids is 1. The Hall–Kier alpha value is -3.52. The first-order valence-corrected chi connectivity index (χ1v) is 12.5. The fourth-order valence-corrected chi connectivity index (χ4v) is 4.58. The molecular weight excluding hydrogens is 440 g/mol. The van der Waals surface area contributed by atoms with E-state index in [0.29, 0.717) is 18.9 Å². The molecular formula is C27H34N6O2. The van der Waals surface area contributed by atoms with Crippen LogP contribution >= 0.6 is 0 Å². The van der Waals surface area contributed by atoms with Crippen LogP contribution < -0.4 is 5.43 Å². The van der Waals surface area contributed by atoms with Gasteiger partial charge < -0.3 is 9.75 Å². The predicted molar refractivity (Wildman–Crippen MR) is 136 cm³/mol. The number of nitrogens with zero attached hydrogens (tertiary/aromatic N) is 4. The highest BCUT2D eigenvalue weighted by molar-refractivity contribution is 5.91. The van der Waals surface area contributed by atoms with E-state index in [1.165, 1.54) is 0 Å². The highest BCUT2D eigenvalue weighted by Gasteiger charge is 2.35. The van der Waals surface area contributed by atoms with Gasteiger partial charge in [-0.05, 0) is 48.1 Å². The van der Waals surface area contributed by atoms with Gasteiger partial charge >= 0.3 is 5.97 Å². The molecule has 0 saturated heterocycles. The van der Waals surface area contributed by atoms with Crippen LogP contribution in [-0.2, 0) is 16.0 Å². The van der Waals surface area contributed by atoms with E-state index in [4.69, 9.17) is 4.74 Å². The number of H-pyrrole nitrogens is 1. The molecule has 0 amide bonds. The van der Waals surface area contributed by atoms with E-state index < -0.39 is 0 Å².